The highest BCUT2D eigenvalue weighted by Crippen LogP contribution is 2.38. The fourth-order valence-electron chi connectivity index (χ4n) is 4.22. The van der Waals surface area contributed by atoms with E-state index in [0.717, 1.165) is 17.0 Å². The Morgan fingerprint density at radius 2 is 1.46 bits per heavy atom. The first-order valence-electron chi connectivity index (χ1n) is 10.1. The molecule has 0 spiro atoms. The highest BCUT2D eigenvalue weighted by atomic mass is 16.4. The lowest BCUT2D eigenvalue weighted by Crippen LogP contribution is -2.13. The van der Waals surface area contributed by atoms with Gasteiger partial charge in [-0.1, -0.05) is 69.0 Å². The summed E-state index contributed by atoms with van der Waals surface area (Å²) >= 11 is 0. The zero-order chi connectivity index (χ0) is 18.4. The van der Waals surface area contributed by atoms with Crippen LogP contribution in [0, 0.1) is 5.92 Å². The normalized spacial score (nSPS) is 20.0. The third kappa shape index (κ3) is 4.75. The van der Waals surface area contributed by atoms with Crippen LogP contribution in [-0.2, 0) is 0 Å². The van der Waals surface area contributed by atoms with E-state index < -0.39 is 5.97 Å². The minimum absolute atomic E-state index is 0.334. The van der Waals surface area contributed by atoms with Crippen LogP contribution in [0.15, 0.2) is 48.5 Å². The summed E-state index contributed by atoms with van der Waals surface area (Å²) in [4.78, 5) is 11.0. The molecule has 0 heterocycles. The van der Waals surface area contributed by atoms with Crippen molar-refractivity contribution in [3.63, 3.8) is 0 Å². The van der Waals surface area contributed by atoms with Crippen molar-refractivity contribution in [3.8, 4) is 11.1 Å². The lowest BCUT2D eigenvalue weighted by molar-refractivity contribution is 0.0697. The van der Waals surface area contributed by atoms with Crippen LogP contribution in [0.2, 0.25) is 0 Å². The van der Waals surface area contributed by atoms with Crippen molar-refractivity contribution >= 4 is 5.97 Å². The third-order valence-electron chi connectivity index (χ3n) is 5.91. The second kappa shape index (κ2) is 9.02. The number of carboxylic acids is 1. The standard InChI is InChI=1S/C24H30O2/c1-2-3-4-5-18-6-8-19(9-7-18)20-10-12-21(13-11-20)22-14-16-23(17-15-22)24(25)26/h10-19H,2-9H2,1H3,(H,25,26)/t18-,19-. The van der Waals surface area contributed by atoms with E-state index in [1.54, 1.807) is 12.1 Å². The molecule has 0 radical (unpaired) electrons. The van der Waals surface area contributed by atoms with Crippen molar-refractivity contribution in [2.24, 2.45) is 5.92 Å². The highest BCUT2D eigenvalue weighted by Gasteiger charge is 2.22. The number of unbranched alkanes of at least 4 members (excludes halogenated alkanes) is 2. The summed E-state index contributed by atoms with van der Waals surface area (Å²) in [6.45, 7) is 2.28. The zero-order valence-electron chi connectivity index (χ0n) is 15.8. The Labute approximate surface area is 157 Å². The van der Waals surface area contributed by atoms with E-state index in [1.165, 1.54) is 56.9 Å². The molecule has 2 nitrogen and oxygen atoms in total. The van der Waals surface area contributed by atoms with Gasteiger partial charge in [0.15, 0.2) is 0 Å². The fraction of sp³-hybridized carbons (Fsp3) is 0.458. The molecule has 0 bridgehead atoms. The molecule has 3 rings (SSSR count). The van der Waals surface area contributed by atoms with Crippen LogP contribution in [0.5, 0.6) is 0 Å². The lowest BCUT2D eigenvalue weighted by atomic mass is 9.77. The smallest absolute Gasteiger partial charge is 0.335 e. The van der Waals surface area contributed by atoms with Crippen LogP contribution < -0.4 is 0 Å². The Kier molecular flexibility index (Phi) is 6.49. The quantitative estimate of drug-likeness (QED) is 0.551. The molecule has 1 fully saturated rings. The van der Waals surface area contributed by atoms with Gasteiger partial charge in [-0.2, -0.15) is 0 Å². The third-order valence-corrected chi connectivity index (χ3v) is 5.91. The Hall–Kier alpha value is -2.09. The molecule has 2 aromatic carbocycles. The van der Waals surface area contributed by atoms with E-state index in [2.05, 4.69) is 31.2 Å². The fourth-order valence-corrected chi connectivity index (χ4v) is 4.22. The first-order valence-corrected chi connectivity index (χ1v) is 10.1. The van der Waals surface area contributed by atoms with E-state index in [4.69, 9.17) is 5.11 Å². The second-order valence-electron chi connectivity index (χ2n) is 7.72. The topological polar surface area (TPSA) is 37.3 Å². The molecule has 2 aromatic rings. The summed E-state index contributed by atoms with van der Waals surface area (Å²) < 4.78 is 0. The van der Waals surface area contributed by atoms with Gasteiger partial charge in [0.05, 0.1) is 5.56 Å². The van der Waals surface area contributed by atoms with Gasteiger partial charge in [-0.05, 0) is 66.3 Å². The summed E-state index contributed by atoms with van der Waals surface area (Å²) in [7, 11) is 0. The van der Waals surface area contributed by atoms with Crippen LogP contribution in [0.25, 0.3) is 11.1 Å². The average molecular weight is 351 g/mol. The summed E-state index contributed by atoms with van der Waals surface area (Å²) in [6.07, 6.45) is 10.9. The molecule has 138 valence electrons. The van der Waals surface area contributed by atoms with Crippen molar-refractivity contribution in [3.05, 3.63) is 59.7 Å². The summed E-state index contributed by atoms with van der Waals surface area (Å²) in [5.74, 6) is 0.780. The minimum atomic E-state index is -0.878. The summed E-state index contributed by atoms with van der Waals surface area (Å²) in [5, 5.41) is 9.01. The Bertz CT molecular complexity index is 692. The van der Waals surface area contributed by atoms with E-state index in [1.807, 2.05) is 12.1 Å². The van der Waals surface area contributed by atoms with Gasteiger partial charge in [-0.15, -0.1) is 0 Å². The first kappa shape index (κ1) is 18.7. The zero-order valence-corrected chi connectivity index (χ0v) is 15.8. The van der Waals surface area contributed by atoms with Gasteiger partial charge in [-0.3, -0.25) is 0 Å². The number of aromatic carboxylic acids is 1. The minimum Gasteiger partial charge on any atom is -0.478 e. The molecule has 0 saturated heterocycles. The highest BCUT2D eigenvalue weighted by molar-refractivity contribution is 5.88. The number of carboxylic acid groups (broad SMARTS) is 1. The number of hydrogen-bond acceptors (Lipinski definition) is 1. The monoisotopic (exact) mass is 350 g/mol. The van der Waals surface area contributed by atoms with Crippen molar-refractivity contribution < 1.29 is 9.90 Å². The van der Waals surface area contributed by atoms with E-state index in [0.29, 0.717) is 11.5 Å². The molecule has 0 aromatic heterocycles. The predicted molar refractivity (Wildman–Crippen MR) is 108 cm³/mol. The number of rotatable bonds is 7. The molecule has 26 heavy (non-hydrogen) atoms. The molecule has 1 N–H and O–H groups in total. The van der Waals surface area contributed by atoms with E-state index in [-0.39, 0.29) is 0 Å². The Morgan fingerprint density at radius 3 is 2.00 bits per heavy atom. The molecule has 1 saturated carbocycles. The molecule has 0 atom stereocenters. The van der Waals surface area contributed by atoms with Crippen LogP contribution in [0.3, 0.4) is 0 Å². The van der Waals surface area contributed by atoms with Gasteiger partial charge < -0.3 is 5.11 Å². The molecular formula is C24H30O2. The van der Waals surface area contributed by atoms with Gasteiger partial charge in [0.25, 0.3) is 0 Å². The average Bonchev–Trinajstić information content (AvgIpc) is 2.69. The molecule has 0 amide bonds. The number of benzene rings is 2. The number of hydrogen-bond donors (Lipinski definition) is 1. The van der Waals surface area contributed by atoms with Crippen molar-refractivity contribution in [2.75, 3.05) is 0 Å². The van der Waals surface area contributed by atoms with Gasteiger partial charge in [0.2, 0.25) is 0 Å². The molecular weight excluding hydrogens is 320 g/mol. The Morgan fingerprint density at radius 1 is 0.885 bits per heavy atom. The number of carbonyl (C=O) groups is 1. The van der Waals surface area contributed by atoms with Crippen molar-refractivity contribution in [2.45, 2.75) is 64.2 Å². The summed E-state index contributed by atoms with van der Waals surface area (Å²) in [6, 6.07) is 16.0. The van der Waals surface area contributed by atoms with Gasteiger partial charge in [-0.25, -0.2) is 4.79 Å². The van der Waals surface area contributed by atoms with Crippen molar-refractivity contribution in [1.29, 1.82) is 0 Å². The van der Waals surface area contributed by atoms with Crippen LogP contribution in [-0.4, -0.2) is 11.1 Å². The largest absolute Gasteiger partial charge is 0.478 e. The van der Waals surface area contributed by atoms with E-state index >= 15 is 0 Å². The van der Waals surface area contributed by atoms with Crippen molar-refractivity contribution in [1.82, 2.24) is 0 Å². The van der Waals surface area contributed by atoms with Gasteiger partial charge in [0, 0.05) is 0 Å². The van der Waals surface area contributed by atoms with Crippen LogP contribution in [0.4, 0.5) is 0 Å². The maximum atomic E-state index is 11.0. The molecule has 0 aliphatic heterocycles. The molecule has 0 unspecified atom stereocenters. The van der Waals surface area contributed by atoms with Gasteiger partial charge in [0.1, 0.15) is 0 Å². The van der Waals surface area contributed by atoms with Crippen LogP contribution >= 0.6 is 0 Å². The maximum absolute atomic E-state index is 11.0. The second-order valence-corrected chi connectivity index (χ2v) is 7.72. The Balaban J connectivity index is 1.57. The summed E-state index contributed by atoms with van der Waals surface area (Å²) in [5.41, 5.74) is 4.02. The van der Waals surface area contributed by atoms with E-state index in [9.17, 15) is 4.79 Å². The first-order chi connectivity index (χ1) is 12.7. The van der Waals surface area contributed by atoms with Crippen LogP contribution in [0.1, 0.15) is 80.1 Å². The molecule has 2 heteroatoms. The SMILES string of the molecule is CCCCC[C@H]1CC[C@H](c2ccc(-c3ccc(C(=O)O)cc3)cc2)CC1. The molecule has 1 aliphatic carbocycles. The predicted octanol–water partition coefficient (Wildman–Crippen LogP) is 6.91. The van der Waals surface area contributed by atoms with Gasteiger partial charge >= 0.3 is 5.97 Å². The lowest BCUT2D eigenvalue weighted by Gasteiger charge is -2.29. The maximum Gasteiger partial charge on any atom is 0.335 e. The molecule has 1 aliphatic rings.